The quantitative estimate of drug-likeness (QED) is 0.607. The van der Waals surface area contributed by atoms with Gasteiger partial charge >= 0.3 is 0 Å². The van der Waals surface area contributed by atoms with E-state index in [1.807, 2.05) is 36.4 Å². The molecule has 4 rings (SSSR count). The molecule has 1 aromatic heterocycles. The van der Waals surface area contributed by atoms with Crippen LogP contribution in [-0.4, -0.2) is 34.3 Å². The molecule has 2 aromatic carbocycles. The van der Waals surface area contributed by atoms with Crippen molar-refractivity contribution >= 4 is 22.9 Å². The van der Waals surface area contributed by atoms with Crippen LogP contribution in [0.2, 0.25) is 0 Å². The lowest BCUT2D eigenvalue weighted by molar-refractivity contribution is -0.116. The average Bonchev–Trinajstić information content (AvgIpc) is 3.21. The van der Waals surface area contributed by atoms with Gasteiger partial charge in [0.15, 0.2) is 23.0 Å². The van der Waals surface area contributed by atoms with E-state index in [0.29, 0.717) is 29.4 Å². The summed E-state index contributed by atoms with van der Waals surface area (Å²) in [6.07, 6.45) is 0.383. The van der Waals surface area contributed by atoms with E-state index in [0.717, 1.165) is 27.3 Å². The number of nitrogens with one attached hydrogen (secondary N) is 1. The largest absolute Gasteiger partial charge is 0.493 e. The molecule has 2 heterocycles. The number of methoxy groups -OCH3 is 4. The molecule has 1 aliphatic rings. The molecule has 0 saturated heterocycles. The highest BCUT2D eigenvalue weighted by molar-refractivity contribution is 7.11. The smallest absolute Gasteiger partial charge is 0.225 e. The van der Waals surface area contributed by atoms with Crippen LogP contribution in [0.15, 0.2) is 41.8 Å². The third kappa shape index (κ3) is 3.45. The molecular weight excluding hydrogens is 402 g/mol. The van der Waals surface area contributed by atoms with Crippen LogP contribution >= 0.6 is 11.3 Å². The molecule has 30 heavy (non-hydrogen) atoms. The van der Waals surface area contributed by atoms with E-state index in [1.54, 1.807) is 39.8 Å². The van der Waals surface area contributed by atoms with Crippen molar-refractivity contribution in [3.05, 3.63) is 52.2 Å². The van der Waals surface area contributed by atoms with Gasteiger partial charge in [-0.2, -0.15) is 0 Å². The second-order valence-corrected chi connectivity index (χ2v) is 7.79. The Bertz CT molecular complexity index is 1090. The lowest BCUT2D eigenvalue weighted by atomic mass is 9.89. The minimum Gasteiger partial charge on any atom is -0.493 e. The summed E-state index contributed by atoms with van der Waals surface area (Å²) < 4.78 is 21.6. The molecule has 1 atom stereocenters. The number of fused-ring (bicyclic) bond motifs is 1. The molecule has 6 nitrogen and oxygen atoms in total. The molecule has 0 unspecified atom stereocenters. The molecule has 0 fully saturated rings. The normalized spacial score (nSPS) is 15.2. The van der Waals surface area contributed by atoms with Crippen LogP contribution in [0.25, 0.3) is 11.1 Å². The summed E-state index contributed by atoms with van der Waals surface area (Å²) >= 11 is 1.64. The second-order valence-electron chi connectivity index (χ2n) is 6.88. The summed E-state index contributed by atoms with van der Waals surface area (Å²) in [5, 5.41) is 5.14. The number of anilines is 1. The van der Waals surface area contributed by atoms with Crippen LogP contribution in [0.5, 0.6) is 23.0 Å². The number of carbonyl (C=O) groups excluding carboxylic acids is 1. The molecule has 1 aliphatic heterocycles. The highest BCUT2D eigenvalue weighted by Crippen LogP contribution is 2.48. The standard InChI is InChI=1S/C23H23NO5S/c1-26-17-7-5-13(9-19(17)28-3)15-11-21(25)24-22-16(12-30-23(15)22)14-6-8-18(27-2)20(10-14)29-4/h5-10,12,15H,11H2,1-4H3,(H,24,25)/t15-/m0/s1. The lowest BCUT2D eigenvalue weighted by Crippen LogP contribution is -2.22. The second kappa shape index (κ2) is 8.28. The summed E-state index contributed by atoms with van der Waals surface area (Å²) in [5.74, 6) is 2.57. The van der Waals surface area contributed by atoms with Crippen LogP contribution in [0, 0.1) is 0 Å². The molecule has 3 aromatic rings. The average molecular weight is 426 g/mol. The SMILES string of the molecule is COc1ccc(-c2csc3c2NC(=O)C[C@H]3c2ccc(OC)c(OC)c2)cc1OC. The van der Waals surface area contributed by atoms with E-state index in [-0.39, 0.29) is 11.8 Å². The zero-order valence-electron chi connectivity index (χ0n) is 17.3. The predicted molar refractivity (Wildman–Crippen MR) is 117 cm³/mol. The van der Waals surface area contributed by atoms with Crippen molar-refractivity contribution in [3.63, 3.8) is 0 Å². The molecule has 0 spiro atoms. The van der Waals surface area contributed by atoms with E-state index >= 15 is 0 Å². The summed E-state index contributed by atoms with van der Waals surface area (Å²) in [4.78, 5) is 13.7. The van der Waals surface area contributed by atoms with Crippen LogP contribution in [0.4, 0.5) is 5.69 Å². The van der Waals surface area contributed by atoms with Crippen LogP contribution in [-0.2, 0) is 4.79 Å². The van der Waals surface area contributed by atoms with Crippen molar-refractivity contribution in [2.75, 3.05) is 33.8 Å². The summed E-state index contributed by atoms with van der Waals surface area (Å²) in [7, 11) is 6.44. The van der Waals surface area contributed by atoms with E-state index < -0.39 is 0 Å². The maximum absolute atomic E-state index is 12.6. The number of hydrogen-bond donors (Lipinski definition) is 1. The zero-order valence-corrected chi connectivity index (χ0v) is 18.1. The Morgan fingerprint density at radius 3 is 2.17 bits per heavy atom. The molecule has 156 valence electrons. The van der Waals surface area contributed by atoms with Crippen molar-refractivity contribution in [2.24, 2.45) is 0 Å². The highest BCUT2D eigenvalue weighted by Gasteiger charge is 2.31. The molecule has 0 bridgehead atoms. The van der Waals surface area contributed by atoms with Crippen molar-refractivity contribution in [1.29, 1.82) is 0 Å². The van der Waals surface area contributed by atoms with Gasteiger partial charge in [0.25, 0.3) is 0 Å². The first-order valence-corrected chi connectivity index (χ1v) is 10.3. The molecule has 0 radical (unpaired) electrons. The Kier molecular flexibility index (Phi) is 5.55. The molecule has 1 amide bonds. The first kappa shape index (κ1) is 20.1. The van der Waals surface area contributed by atoms with E-state index in [1.165, 1.54) is 0 Å². The van der Waals surface area contributed by atoms with Crippen molar-refractivity contribution in [2.45, 2.75) is 12.3 Å². The van der Waals surface area contributed by atoms with Gasteiger partial charge in [-0.05, 0) is 35.4 Å². The van der Waals surface area contributed by atoms with Gasteiger partial charge < -0.3 is 24.3 Å². The lowest BCUT2D eigenvalue weighted by Gasteiger charge is -2.24. The fourth-order valence-corrected chi connectivity index (χ4v) is 4.94. The number of benzene rings is 2. The van der Waals surface area contributed by atoms with E-state index in [2.05, 4.69) is 10.7 Å². The van der Waals surface area contributed by atoms with Crippen LogP contribution in [0.3, 0.4) is 0 Å². The molecule has 0 aliphatic carbocycles. The Balaban J connectivity index is 1.78. The van der Waals surface area contributed by atoms with Gasteiger partial charge in [0, 0.05) is 28.2 Å². The molecule has 7 heteroatoms. The van der Waals surface area contributed by atoms with Gasteiger partial charge in [0.1, 0.15) is 0 Å². The Labute approximate surface area is 179 Å². The van der Waals surface area contributed by atoms with Crippen molar-refractivity contribution < 1.29 is 23.7 Å². The molecule has 1 N–H and O–H groups in total. The Morgan fingerprint density at radius 2 is 1.50 bits per heavy atom. The van der Waals surface area contributed by atoms with Gasteiger partial charge in [-0.25, -0.2) is 0 Å². The fraction of sp³-hybridized carbons (Fsp3) is 0.261. The number of amides is 1. The van der Waals surface area contributed by atoms with Crippen molar-refractivity contribution in [3.8, 4) is 34.1 Å². The monoisotopic (exact) mass is 425 g/mol. The number of rotatable bonds is 6. The van der Waals surface area contributed by atoms with E-state index in [4.69, 9.17) is 18.9 Å². The molecular formula is C23H23NO5S. The summed E-state index contributed by atoms with van der Waals surface area (Å²) in [6, 6.07) is 11.6. The third-order valence-electron chi connectivity index (χ3n) is 5.29. The van der Waals surface area contributed by atoms with Gasteiger partial charge in [-0.1, -0.05) is 12.1 Å². The van der Waals surface area contributed by atoms with Gasteiger partial charge in [0.2, 0.25) is 5.91 Å². The first-order valence-electron chi connectivity index (χ1n) is 9.45. The fourth-order valence-electron chi connectivity index (χ4n) is 3.78. The summed E-state index contributed by atoms with van der Waals surface area (Å²) in [5.41, 5.74) is 3.79. The van der Waals surface area contributed by atoms with Crippen LogP contribution < -0.4 is 24.3 Å². The minimum absolute atomic E-state index is 0.0117. The maximum Gasteiger partial charge on any atom is 0.225 e. The first-order chi connectivity index (χ1) is 14.6. The Hall–Kier alpha value is -3.19. The Morgan fingerprint density at radius 1 is 0.867 bits per heavy atom. The van der Waals surface area contributed by atoms with Crippen molar-refractivity contribution in [1.82, 2.24) is 0 Å². The minimum atomic E-state index is -0.0487. The van der Waals surface area contributed by atoms with Gasteiger partial charge in [-0.3, -0.25) is 4.79 Å². The highest BCUT2D eigenvalue weighted by atomic mass is 32.1. The third-order valence-corrected chi connectivity index (χ3v) is 6.39. The zero-order chi connectivity index (χ0) is 21.3. The maximum atomic E-state index is 12.6. The number of ether oxygens (including phenoxy) is 4. The molecule has 0 saturated carbocycles. The van der Waals surface area contributed by atoms with Gasteiger partial charge in [-0.15, -0.1) is 11.3 Å². The van der Waals surface area contributed by atoms with E-state index in [9.17, 15) is 4.79 Å². The number of carbonyl (C=O) groups is 1. The van der Waals surface area contributed by atoms with Crippen LogP contribution in [0.1, 0.15) is 22.8 Å². The number of hydrogen-bond acceptors (Lipinski definition) is 6. The summed E-state index contributed by atoms with van der Waals surface area (Å²) in [6.45, 7) is 0. The number of thiophene rings is 1. The van der Waals surface area contributed by atoms with Gasteiger partial charge in [0.05, 0.1) is 34.1 Å². The predicted octanol–water partition coefficient (Wildman–Crippen LogP) is 4.92. The topological polar surface area (TPSA) is 66.0 Å².